The van der Waals surface area contributed by atoms with E-state index in [1.54, 1.807) is 42.0 Å². The van der Waals surface area contributed by atoms with E-state index in [4.69, 9.17) is 0 Å². The molecule has 10 heteroatoms. The highest BCUT2D eigenvalue weighted by Gasteiger charge is 2.27. The number of halogens is 1. The highest BCUT2D eigenvalue weighted by Crippen LogP contribution is 2.16. The summed E-state index contributed by atoms with van der Waals surface area (Å²) in [6, 6.07) is 7.37. The minimum Gasteiger partial charge on any atom is -0.355 e. The molecule has 0 atom stereocenters. The van der Waals surface area contributed by atoms with Crippen LogP contribution in [0.15, 0.2) is 41.7 Å². The molecular weight excluding hydrogens is 485 g/mol. The minimum absolute atomic E-state index is 0. The number of hydrogen-bond acceptors (Lipinski definition) is 4. The van der Waals surface area contributed by atoms with Gasteiger partial charge in [-0.15, -0.1) is 24.0 Å². The van der Waals surface area contributed by atoms with Crippen molar-refractivity contribution in [3.8, 4) is 0 Å². The van der Waals surface area contributed by atoms with Gasteiger partial charge in [-0.25, -0.2) is 0 Å². The fourth-order valence-electron chi connectivity index (χ4n) is 3.11. The quantitative estimate of drug-likeness (QED) is 0.360. The molecule has 0 aliphatic carbocycles. The largest absolute Gasteiger partial charge is 0.355 e. The number of piperazine rings is 1. The Labute approximate surface area is 187 Å². The smallest absolute Gasteiger partial charge is 0.251 e. The number of hydrogen-bond donors (Lipinski definition) is 2. The monoisotopic (exact) mass is 511 g/mol. The molecule has 0 radical (unpaired) electrons. The molecule has 9 nitrogen and oxygen atoms in total. The molecule has 2 N–H and O–H groups in total. The Bertz CT molecular complexity index is 879. The summed E-state index contributed by atoms with van der Waals surface area (Å²) < 4.78 is 1.69. The molecule has 0 bridgehead atoms. The van der Waals surface area contributed by atoms with E-state index in [1.165, 1.54) is 0 Å². The van der Waals surface area contributed by atoms with Gasteiger partial charge < -0.3 is 20.4 Å². The maximum Gasteiger partial charge on any atom is 0.251 e. The molecule has 1 aliphatic heterocycles. The van der Waals surface area contributed by atoms with E-state index in [2.05, 4.69) is 20.7 Å². The maximum absolute atomic E-state index is 12.6. The van der Waals surface area contributed by atoms with Gasteiger partial charge in [0.15, 0.2) is 5.96 Å². The summed E-state index contributed by atoms with van der Waals surface area (Å²) in [6.07, 6.45) is 3.53. The van der Waals surface area contributed by atoms with E-state index < -0.39 is 0 Å². The van der Waals surface area contributed by atoms with Crippen molar-refractivity contribution in [2.24, 2.45) is 12.0 Å². The SMILES string of the molecule is CN=C(NCc1ccc(C(=O)NC)cc1)N1CCN(c2cnn(C)c2)C(=O)C1.I. The normalized spacial score (nSPS) is 14.4. The summed E-state index contributed by atoms with van der Waals surface area (Å²) >= 11 is 0. The second-order valence-corrected chi connectivity index (χ2v) is 6.52. The lowest BCUT2D eigenvalue weighted by Crippen LogP contribution is -2.55. The van der Waals surface area contributed by atoms with Gasteiger partial charge in [-0.2, -0.15) is 5.10 Å². The van der Waals surface area contributed by atoms with Crippen LogP contribution in [0.2, 0.25) is 0 Å². The zero-order chi connectivity index (χ0) is 20.1. The van der Waals surface area contributed by atoms with Crippen molar-refractivity contribution < 1.29 is 9.59 Å². The molecular formula is C19H26IN7O2. The van der Waals surface area contributed by atoms with Crippen LogP contribution in [0.3, 0.4) is 0 Å². The summed E-state index contributed by atoms with van der Waals surface area (Å²) in [5.41, 5.74) is 2.45. The van der Waals surface area contributed by atoms with Crippen LogP contribution in [0.25, 0.3) is 0 Å². The van der Waals surface area contributed by atoms with Gasteiger partial charge in [-0.05, 0) is 17.7 Å². The van der Waals surface area contributed by atoms with Crippen LogP contribution in [0, 0.1) is 0 Å². The second kappa shape index (κ2) is 10.2. The Morgan fingerprint density at radius 3 is 2.52 bits per heavy atom. The highest BCUT2D eigenvalue weighted by molar-refractivity contribution is 14.0. The summed E-state index contributed by atoms with van der Waals surface area (Å²) in [4.78, 5) is 32.2. The number of aromatic nitrogens is 2. The second-order valence-electron chi connectivity index (χ2n) is 6.52. The molecule has 0 unspecified atom stereocenters. The highest BCUT2D eigenvalue weighted by atomic mass is 127. The number of guanidine groups is 1. The maximum atomic E-state index is 12.6. The number of amides is 2. The Balaban J connectivity index is 0.00000300. The topological polar surface area (TPSA) is 94.9 Å². The van der Waals surface area contributed by atoms with E-state index in [-0.39, 0.29) is 42.3 Å². The van der Waals surface area contributed by atoms with Crippen molar-refractivity contribution in [3.05, 3.63) is 47.8 Å². The van der Waals surface area contributed by atoms with Crippen molar-refractivity contribution in [1.29, 1.82) is 0 Å². The zero-order valence-electron chi connectivity index (χ0n) is 16.8. The number of nitrogens with one attached hydrogen (secondary N) is 2. The number of rotatable bonds is 4. The van der Waals surface area contributed by atoms with Gasteiger partial charge in [0.05, 0.1) is 11.9 Å². The molecule has 2 heterocycles. The lowest BCUT2D eigenvalue weighted by Gasteiger charge is -2.35. The van der Waals surface area contributed by atoms with E-state index in [1.807, 2.05) is 30.3 Å². The number of carbonyl (C=O) groups excluding carboxylic acids is 2. The first-order valence-electron chi connectivity index (χ1n) is 9.07. The fraction of sp³-hybridized carbons (Fsp3) is 0.368. The molecule has 1 aromatic carbocycles. The molecule has 2 amide bonds. The molecule has 1 fully saturated rings. The lowest BCUT2D eigenvalue weighted by atomic mass is 10.1. The summed E-state index contributed by atoms with van der Waals surface area (Å²) in [7, 11) is 5.14. The molecule has 29 heavy (non-hydrogen) atoms. The van der Waals surface area contributed by atoms with Crippen LogP contribution in [-0.4, -0.2) is 66.2 Å². The Morgan fingerprint density at radius 1 is 1.24 bits per heavy atom. The Kier molecular flexibility index (Phi) is 8.00. The van der Waals surface area contributed by atoms with E-state index in [0.29, 0.717) is 31.2 Å². The molecule has 2 aromatic rings. The van der Waals surface area contributed by atoms with Gasteiger partial charge in [0.25, 0.3) is 5.91 Å². The minimum atomic E-state index is -0.111. The molecule has 3 rings (SSSR count). The first-order valence-corrected chi connectivity index (χ1v) is 9.07. The molecule has 1 aromatic heterocycles. The number of benzene rings is 1. The van der Waals surface area contributed by atoms with Crippen molar-refractivity contribution in [2.45, 2.75) is 6.54 Å². The third-order valence-corrected chi connectivity index (χ3v) is 4.63. The summed E-state index contributed by atoms with van der Waals surface area (Å²) in [6.45, 7) is 2.06. The van der Waals surface area contributed by atoms with Gasteiger partial charge >= 0.3 is 0 Å². The molecule has 1 aliphatic rings. The summed E-state index contributed by atoms with van der Waals surface area (Å²) in [5.74, 6) is 0.576. The van der Waals surface area contributed by atoms with Crippen molar-refractivity contribution >= 4 is 47.4 Å². The number of anilines is 1. The van der Waals surface area contributed by atoms with Gasteiger partial charge in [-0.3, -0.25) is 19.3 Å². The Morgan fingerprint density at radius 2 is 1.97 bits per heavy atom. The van der Waals surface area contributed by atoms with Crippen molar-refractivity contribution in [2.75, 3.05) is 38.6 Å². The van der Waals surface area contributed by atoms with Crippen LogP contribution in [0.1, 0.15) is 15.9 Å². The van der Waals surface area contributed by atoms with Crippen molar-refractivity contribution in [3.63, 3.8) is 0 Å². The number of carbonyl (C=O) groups is 2. The standard InChI is InChI=1S/C19H25N7O2.HI/c1-20-18(28)15-6-4-14(5-7-15)10-22-19(21-2)25-8-9-26(17(27)13-25)16-11-23-24(3)12-16;/h4-7,11-12H,8-10,13H2,1-3H3,(H,20,28)(H,21,22);1H. The van der Waals surface area contributed by atoms with E-state index in [0.717, 1.165) is 11.3 Å². The lowest BCUT2D eigenvalue weighted by molar-refractivity contribution is -0.120. The number of nitrogens with zero attached hydrogens (tertiary/aromatic N) is 5. The number of aryl methyl sites for hydroxylation is 1. The van der Waals surface area contributed by atoms with Gasteiger partial charge in [0, 0.05) is 52.5 Å². The van der Waals surface area contributed by atoms with Crippen LogP contribution in [-0.2, 0) is 18.4 Å². The zero-order valence-corrected chi connectivity index (χ0v) is 19.1. The van der Waals surface area contributed by atoms with Crippen LogP contribution in [0.5, 0.6) is 0 Å². The summed E-state index contributed by atoms with van der Waals surface area (Å²) in [5, 5.41) is 10.0. The van der Waals surface area contributed by atoms with Crippen LogP contribution in [0.4, 0.5) is 5.69 Å². The average Bonchev–Trinajstić information content (AvgIpc) is 3.14. The van der Waals surface area contributed by atoms with Gasteiger partial charge in [0.1, 0.15) is 6.54 Å². The van der Waals surface area contributed by atoms with E-state index in [9.17, 15) is 9.59 Å². The van der Waals surface area contributed by atoms with Crippen molar-refractivity contribution in [1.82, 2.24) is 25.3 Å². The molecule has 1 saturated heterocycles. The first kappa shape index (κ1) is 22.7. The van der Waals surface area contributed by atoms with Crippen LogP contribution >= 0.6 is 24.0 Å². The fourth-order valence-corrected chi connectivity index (χ4v) is 3.11. The van der Waals surface area contributed by atoms with Gasteiger partial charge in [0.2, 0.25) is 5.91 Å². The molecule has 156 valence electrons. The average molecular weight is 511 g/mol. The van der Waals surface area contributed by atoms with Crippen LogP contribution < -0.4 is 15.5 Å². The molecule has 0 saturated carbocycles. The predicted molar refractivity (Wildman–Crippen MR) is 123 cm³/mol. The third-order valence-electron chi connectivity index (χ3n) is 4.63. The predicted octanol–water partition coefficient (Wildman–Crippen LogP) is 0.822. The third kappa shape index (κ3) is 5.46. The first-order chi connectivity index (χ1) is 13.5. The molecule has 0 spiro atoms. The van der Waals surface area contributed by atoms with Gasteiger partial charge in [-0.1, -0.05) is 12.1 Å². The Hall–Kier alpha value is -2.63. The number of aliphatic imine (C=N–C) groups is 1. The van der Waals surface area contributed by atoms with E-state index >= 15 is 0 Å².